The molecule has 1 saturated carbocycles. The van der Waals surface area contributed by atoms with Gasteiger partial charge in [-0.3, -0.25) is 5.10 Å². The summed E-state index contributed by atoms with van der Waals surface area (Å²) >= 11 is 0. The van der Waals surface area contributed by atoms with Gasteiger partial charge in [-0.1, -0.05) is 19.8 Å². The van der Waals surface area contributed by atoms with E-state index >= 15 is 0 Å². The summed E-state index contributed by atoms with van der Waals surface area (Å²) in [6, 6.07) is 0. The van der Waals surface area contributed by atoms with Gasteiger partial charge in [-0.25, -0.2) is 0 Å². The summed E-state index contributed by atoms with van der Waals surface area (Å²) in [6.45, 7) is 8.66. The molecule has 1 aromatic rings. The lowest BCUT2D eigenvalue weighted by atomic mass is 9.98. The van der Waals surface area contributed by atoms with Crippen LogP contribution in [0, 0.1) is 25.7 Å². The number of aromatic amines is 1. The van der Waals surface area contributed by atoms with E-state index in [1.807, 2.05) is 0 Å². The molecule has 1 aliphatic carbocycles. The molecule has 2 unspecified atom stereocenters. The summed E-state index contributed by atoms with van der Waals surface area (Å²) in [4.78, 5) is 0. The zero-order valence-electron chi connectivity index (χ0n) is 10.6. The van der Waals surface area contributed by atoms with Crippen LogP contribution in [0.4, 0.5) is 0 Å². The lowest BCUT2D eigenvalue weighted by molar-refractivity contribution is 0.392. The minimum absolute atomic E-state index is 0.882. The lowest BCUT2D eigenvalue weighted by Crippen LogP contribution is -2.24. The summed E-state index contributed by atoms with van der Waals surface area (Å²) in [5, 5.41) is 10.8. The van der Waals surface area contributed by atoms with Crippen LogP contribution in [0.1, 0.15) is 43.1 Å². The summed E-state index contributed by atoms with van der Waals surface area (Å²) in [7, 11) is 0. The molecule has 16 heavy (non-hydrogen) atoms. The van der Waals surface area contributed by atoms with Crippen LogP contribution in [0.2, 0.25) is 0 Å². The van der Waals surface area contributed by atoms with E-state index in [0.29, 0.717) is 0 Å². The molecule has 0 spiro atoms. The van der Waals surface area contributed by atoms with Gasteiger partial charge in [-0.05, 0) is 38.6 Å². The smallest absolute Gasteiger partial charge is 0.0638 e. The van der Waals surface area contributed by atoms with Crippen LogP contribution in [0.25, 0.3) is 0 Å². The molecular weight excluding hydrogens is 198 g/mol. The van der Waals surface area contributed by atoms with E-state index in [4.69, 9.17) is 0 Å². The fraction of sp³-hybridized carbons (Fsp3) is 0.769. The van der Waals surface area contributed by atoms with Gasteiger partial charge in [-0.15, -0.1) is 0 Å². The van der Waals surface area contributed by atoms with Crippen molar-refractivity contribution in [2.45, 2.75) is 46.6 Å². The lowest BCUT2D eigenvalue weighted by Gasteiger charge is -2.15. The molecule has 0 bridgehead atoms. The SMILES string of the molecule is Cc1n[nH]c(C)c1CNCC1CCCC1C. The van der Waals surface area contributed by atoms with Gasteiger partial charge in [0.15, 0.2) is 0 Å². The third kappa shape index (κ3) is 2.46. The molecule has 2 N–H and O–H groups in total. The van der Waals surface area contributed by atoms with Crippen molar-refractivity contribution in [3.8, 4) is 0 Å². The topological polar surface area (TPSA) is 40.7 Å². The largest absolute Gasteiger partial charge is 0.312 e. The highest BCUT2D eigenvalue weighted by Crippen LogP contribution is 2.30. The van der Waals surface area contributed by atoms with E-state index in [1.54, 1.807) is 0 Å². The maximum Gasteiger partial charge on any atom is 0.0638 e. The Bertz CT molecular complexity index is 323. The van der Waals surface area contributed by atoms with E-state index in [0.717, 1.165) is 30.6 Å². The van der Waals surface area contributed by atoms with Crippen molar-refractivity contribution in [3.63, 3.8) is 0 Å². The first kappa shape index (κ1) is 11.6. The molecule has 90 valence electrons. The summed E-state index contributed by atoms with van der Waals surface area (Å²) in [5.41, 5.74) is 3.67. The van der Waals surface area contributed by atoms with Crippen molar-refractivity contribution in [1.82, 2.24) is 15.5 Å². The molecule has 0 amide bonds. The van der Waals surface area contributed by atoms with Crippen molar-refractivity contribution < 1.29 is 0 Å². The Kier molecular flexibility index (Phi) is 3.64. The highest BCUT2D eigenvalue weighted by molar-refractivity contribution is 5.22. The minimum Gasteiger partial charge on any atom is -0.312 e. The number of nitrogens with one attached hydrogen (secondary N) is 2. The molecule has 0 radical (unpaired) electrons. The molecule has 1 fully saturated rings. The summed E-state index contributed by atoms with van der Waals surface area (Å²) < 4.78 is 0. The average Bonchev–Trinajstić information content (AvgIpc) is 2.79. The number of aryl methyl sites for hydroxylation is 2. The van der Waals surface area contributed by atoms with E-state index in [1.165, 1.54) is 30.5 Å². The molecule has 1 aliphatic rings. The van der Waals surface area contributed by atoms with Gasteiger partial charge in [0.05, 0.1) is 5.69 Å². The Labute approximate surface area is 98.0 Å². The fourth-order valence-electron chi connectivity index (χ4n) is 2.74. The van der Waals surface area contributed by atoms with Crippen LogP contribution in [0.3, 0.4) is 0 Å². The standard InChI is InChI=1S/C13H23N3/c1-9-5-4-6-12(9)7-14-8-13-10(2)15-16-11(13)3/h9,12,14H,4-8H2,1-3H3,(H,15,16). The van der Waals surface area contributed by atoms with Crippen molar-refractivity contribution in [2.75, 3.05) is 6.54 Å². The molecule has 0 saturated heterocycles. The van der Waals surface area contributed by atoms with Gasteiger partial charge in [-0.2, -0.15) is 5.10 Å². The second-order valence-corrected chi connectivity index (χ2v) is 5.21. The van der Waals surface area contributed by atoms with Gasteiger partial charge in [0, 0.05) is 17.8 Å². The normalized spacial score (nSPS) is 25.2. The number of H-pyrrole nitrogens is 1. The quantitative estimate of drug-likeness (QED) is 0.820. The average molecular weight is 221 g/mol. The van der Waals surface area contributed by atoms with Gasteiger partial charge in [0.1, 0.15) is 0 Å². The number of nitrogens with zero attached hydrogens (tertiary/aromatic N) is 1. The van der Waals surface area contributed by atoms with Crippen LogP contribution in [0.15, 0.2) is 0 Å². The molecule has 0 aliphatic heterocycles. The van der Waals surface area contributed by atoms with Crippen molar-refractivity contribution in [3.05, 3.63) is 17.0 Å². The van der Waals surface area contributed by atoms with Crippen LogP contribution in [-0.4, -0.2) is 16.7 Å². The van der Waals surface area contributed by atoms with E-state index in [9.17, 15) is 0 Å². The predicted octanol–water partition coefficient (Wildman–Crippen LogP) is 2.55. The minimum atomic E-state index is 0.882. The highest BCUT2D eigenvalue weighted by atomic mass is 15.1. The second-order valence-electron chi connectivity index (χ2n) is 5.21. The molecule has 1 heterocycles. The zero-order valence-corrected chi connectivity index (χ0v) is 10.6. The molecule has 3 nitrogen and oxygen atoms in total. The molecular formula is C13H23N3. The van der Waals surface area contributed by atoms with Gasteiger partial charge in [0.25, 0.3) is 0 Å². The Morgan fingerprint density at radius 2 is 2.19 bits per heavy atom. The van der Waals surface area contributed by atoms with E-state index < -0.39 is 0 Å². The van der Waals surface area contributed by atoms with Gasteiger partial charge >= 0.3 is 0 Å². The van der Waals surface area contributed by atoms with Gasteiger partial charge in [0.2, 0.25) is 0 Å². The molecule has 2 atom stereocenters. The first-order chi connectivity index (χ1) is 7.68. The number of hydrogen-bond donors (Lipinski definition) is 2. The molecule has 0 aromatic carbocycles. The Morgan fingerprint density at radius 1 is 1.38 bits per heavy atom. The zero-order chi connectivity index (χ0) is 11.5. The summed E-state index contributed by atoms with van der Waals surface area (Å²) in [5.74, 6) is 1.78. The van der Waals surface area contributed by atoms with Crippen LogP contribution in [0.5, 0.6) is 0 Å². The van der Waals surface area contributed by atoms with Crippen LogP contribution >= 0.6 is 0 Å². The third-order valence-corrected chi connectivity index (χ3v) is 4.03. The predicted molar refractivity (Wildman–Crippen MR) is 66.3 cm³/mol. The third-order valence-electron chi connectivity index (χ3n) is 4.03. The second kappa shape index (κ2) is 5.00. The molecule has 3 heteroatoms. The Morgan fingerprint density at radius 3 is 2.75 bits per heavy atom. The maximum absolute atomic E-state index is 4.22. The number of rotatable bonds is 4. The highest BCUT2D eigenvalue weighted by Gasteiger charge is 2.22. The first-order valence-corrected chi connectivity index (χ1v) is 6.39. The van der Waals surface area contributed by atoms with Crippen LogP contribution in [-0.2, 0) is 6.54 Å². The Balaban J connectivity index is 1.80. The number of aromatic nitrogens is 2. The van der Waals surface area contributed by atoms with Crippen molar-refractivity contribution >= 4 is 0 Å². The maximum atomic E-state index is 4.22. The van der Waals surface area contributed by atoms with E-state index in [2.05, 4.69) is 36.3 Å². The first-order valence-electron chi connectivity index (χ1n) is 6.39. The monoisotopic (exact) mass is 221 g/mol. The fourth-order valence-corrected chi connectivity index (χ4v) is 2.74. The number of hydrogen-bond acceptors (Lipinski definition) is 2. The van der Waals surface area contributed by atoms with Crippen molar-refractivity contribution in [1.29, 1.82) is 0 Å². The molecule has 1 aromatic heterocycles. The summed E-state index contributed by atoms with van der Waals surface area (Å²) in [6.07, 6.45) is 4.23. The van der Waals surface area contributed by atoms with Crippen molar-refractivity contribution in [2.24, 2.45) is 11.8 Å². The molecule has 2 rings (SSSR count). The van der Waals surface area contributed by atoms with Crippen LogP contribution < -0.4 is 5.32 Å². The van der Waals surface area contributed by atoms with E-state index in [-0.39, 0.29) is 0 Å². The Hall–Kier alpha value is -0.830. The van der Waals surface area contributed by atoms with Gasteiger partial charge < -0.3 is 5.32 Å².